The number of rotatable bonds is 4. The van der Waals surface area contributed by atoms with Crippen molar-refractivity contribution in [1.82, 2.24) is 4.98 Å². The van der Waals surface area contributed by atoms with Crippen LogP contribution in [0.1, 0.15) is 34.5 Å². The SMILES string of the molecule is NC(=O)c1cc2c(nc1NCC(=O)O)CCCC2. The molecule has 1 aliphatic carbocycles. The molecular formula is C12H15N3O3. The summed E-state index contributed by atoms with van der Waals surface area (Å²) in [5, 5.41) is 11.3. The molecule has 1 aromatic heterocycles. The van der Waals surface area contributed by atoms with Gasteiger partial charge in [-0.25, -0.2) is 4.98 Å². The van der Waals surface area contributed by atoms with Gasteiger partial charge in [0.25, 0.3) is 5.91 Å². The number of aliphatic carboxylic acids is 1. The Balaban J connectivity index is 2.35. The van der Waals surface area contributed by atoms with E-state index in [1.54, 1.807) is 6.07 Å². The highest BCUT2D eigenvalue weighted by atomic mass is 16.4. The molecule has 6 heteroatoms. The zero-order valence-electron chi connectivity index (χ0n) is 9.90. The van der Waals surface area contributed by atoms with Gasteiger partial charge in [-0.15, -0.1) is 0 Å². The summed E-state index contributed by atoms with van der Waals surface area (Å²) >= 11 is 0. The maximum absolute atomic E-state index is 11.3. The topological polar surface area (TPSA) is 105 Å². The van der Waals surface area contributed by atoms with E-state index >= 15 is 0 Å². The smallest absolute Gasteiger partial charge is 0.322 e. The maximum atomic E-state index is 11.3. The minimum absolute atomic E-state index is 0.261. The van der Waals surface area contributed by atoms with E-state index in [0.717, 1.165) is 36.9 Å². The molecule has 2 rings (SSSR count). The van der Waals surface area contributed by atoms with Crippen LogP contribution in [-0.4, -0.2) is 28.5 Å². The fraction of sp³-hybridized carbons (Fsp3) is 0.417. The molecule has 1 aromatic rings. The summed E-state index contributed by atoms with van der Waals surface area (Å²) in [6.07, 6.45) is 3.89. The molecule has 6 nitrogen and oxygen atoms in total. The molecule has 0 saturated carbocycles. The summed E-state index contributed by atoms with van der Waals surface area (Å²) in [7, 11) is 0. The van der Waals surface area contributed by atoms with Crippen LogP contribution in [0.4, 0.5) is 5.82 Å². The van der Waals surface area contributed by atoms with Gasteiger partial charge in [0.1, 0.15) is 12.4 Å². The standard InChI is InChI=1S/C12H15N3O3/c13-11(18)8-5-7-3-1-2-4-9(7)15-12(8)14-6-10(16)17/h5H,1-4,6H2,(H2,13,18)(H,14,15)(H,16,17). The van der Waals surface area contributed by atoms with Gasteiger partial charge in [0.05, 0.1) is 5.56 Å². The summed E-state index contributed by atoms with van der Waals surface area (Å²) in [5.74, 6) is -1.33. The van der Waals surface area contributed by atoms with Crippen molar-refractivity contribution < 1.29 is 14.7 Å². The van der Waals surface area contributed by atoms with Crippen molar-refractivity contribution >= 4 is 17.7 Å². The number of primary amides is 1. The van der Waals surface area contributed by atoms with Crippen LogP contribution < -0.4 is 11.1 Å². The lowest BCUT2D eigenvalue weighted by Gasteiger charge is -2.18. The number of carboxylic acids is 1. The summed E-state index contributed by atoms with van der Waals surface area (Å²) in [4.78, 5) is 26.2. The largest absolute Gasteiger partial charge is 0.480 e. The van der Waals surface area contributed by atoms with Gasteiger partial charge < -0.3 is 16.2 Å². The summed E-state index contributed by atoms with van der Waals surface area (Å²) in [5.41, 5.74) is 7.52. The second-order valence-corrected chi connectivity index (χ2v) is 4.31. The number of pyridine rings is 1. The molecule has 0 fully saturated rings. The molecule has 96 valence electrons. The first-order valence-electron chi connectivity index (χ1n) is 5.86. The first kappa shape index (κ1) is 12.3. The van der Waals surface area contributed by atoms with Crippen LogP contribution in [0.15, 0.2) is 6.07 Å². The zero-order chi connectivity index (χ0) is 13.1. The number of carbonyl (C=O) groups is 2. The van der Waals surface area contributed by atoms with Crippen molar-refractivity contribution in [2.75, 3.05) is 11.9 Å². The monoisotopic (exact) mass is 249 g/mol. The number of hydrogen-bond acceptors (Lipinski definition) is 4. The van der Waals surface area contributed by atoms with Gasteiger partial charge in [-0.1, -0.05) is 0 Å². The molecule has 0 saturated heterocycles. The molecule has 1 heterocycles. The van der Waals surface area contributed by atoms with Crippen molar-refractivity contribution in [3.05, 3.63) is 22.9 Å². The molecule has 1 aliphatic rings. The average Bonchev–Trinajstić information content (AvgIpc) is 2.35. The van der Waals surface area contributed by atoms with Crippen molar-refractivity contribution in [1.29, 1.82) is 0 Å². The Kier molecular flexibility index (Phi) is 3.45. The number of nitrogens with two attached hydrogens (primary N) is 1. The molecular weight excluding hydrogens is 234 g/mol. The number of carboxylic acid groups (broad SMARTS) is 1. The van der Waals surface area contributed by atoms with Gasteiger partial charge in [-0.2, -0.15) is 0 Å². The van der Waals surface area contributed by atoms with E-state index in [1.807, 2.05) is 0 Å². The summed E-state index contributed by atoms with van der Waals surface area (Å²) in [6.45, 7) is -0.286. The Labute approximate surface area is 104 Å². The minimum Gasteiger partial charge on any atom is -0.480 e. The molecule has 0 unspecified atom stereocenters. The predicted molar refractivity (Wildman–Crippen MR) is 65.5 cm³/mol. The quantitative estimate of drug-likeness (QED) is 0.722. The third kappa shape index (κ3) is 2.58. The molecule has 0 radical (unpaired) electrons. The molecule has 4 N–H and O–H groups in total. The highest BCUT2D eigenvalue weighted by Gasteiger charge is 2.18. The lowest BCUT2D eigenvalue weighted by atomic mass is 9.94. The molecule has 0 bridgehead atoms. The number of aryl methyl sites for hydroxylation is 2. The van der Waals surface area contributed by atoms with Crippen molar-refractivity contribution in [2.24, 2.45) is 5.73 Å². The van der Waals surface area contributed by atoms with Gasteiger partial charge >= 0.3 is 5.97 Å². The fourth-order valence-corrected chi connectivity index (χ4v) is 2.12. The van der Waals surface area contributed by atoms with E-state index in [9.17, 15) is 9.59 Å². The first-order chi connectivity index (χ1) is 8.58. The lowest BCUT2D eigenvalue weighted by molar-refractivity contribution is -0.134. The number of anilines is 1. The van der Waals surface area contributed by atoms with E-state index in [4.69, 9.17) is 10.8 Å². The van der Waals surface area contributed by atoms with Gasteiger partial charge in [-0.05, 0) is 37.3 Å². The second-order valence-electron chi connectivity index (χ2n) is 4.31. The summed E-state index contributed by atoms with van der Waals surface area (Å²) < 4.78 is 0. The Bertz CT molecular complexity index is 500. The molecule has 0 aromatic carbocycles. The number of hydrogen-bond donors (Lipinski definition) is 3. The second kappa shape index (κ2) is 5.03. The van der Waals surface area contributed by atoms with Gasteiger partial charge in [0, 0.05) is 5.69 Å². The van der Waals surface area contributed by atoms with Crippen LogP contribution in [-0.2, 0) is 17.6 Å². The highest BCUT2D eigenvalue weighted by molar-refractivity contribution is 5.98. The molecule has 0 aliphatic heterocycles. The first-order valence-corrected chi connectivity index (χ1v) is 5.86. The van der Waals surface area contributed by atoms with E-state index in [2.05, 4.69) is 10.3 Å². The van der Waals surface area contributed by atoms with E-state index in [-0.39, 0.29) is 17.9 Å². The lowest BCUT2D eigenvalue weighted by Crippen LogP contribution is -2.21. The average molecular weight is 249 g/mol. The predicted octanol–water partition coefficient (Wildman–Crippen LogP) is 0.556. The number of fused-ring (bicyclic) bond motifs is 1. The van der Waals surface area contributed by atoms with Crippen LogP contribution >= 0.6 is 0 Å². The number of aromatic nitrogens is 1. The van der Waals surface area contributed by atoms with E-state index in [1.165, 1.54) is 0 Å². The van der Waals surface area contributed by atoms with Crippen molar-refractivity contribution in [3.8, 4) is 0 Å². The van der Waals surface area contributed by atoms with Gasteiger partial charge in [-0.3, -0.25) is 9.59 Å². The Hall–Kier alpha value is -2.11. The van der Waals surface area contributed by atoms with Crippen LogP contribution in [0.3, 0.4) is 0 Å². The molecule has 0 atom stereocenters. The van der Waals surface area contributed by atoms with Gasteiger partial charge in [0.2, 0.25) is 0 Å². The Morgan fingerprint density at radius 2 is 2.11 bits per heavy atom. The maximum Gasteiger partial charge on any atom is 0.322 e. The van der Waals surface area contributed by atoms with Crippen molar-refractivity contribution in [2.45, 2.75) is 25.7 Å². The zero-order valence-corrected chi connectivity index (χ0v) is 9.90. The molecule has 18 heavy (non-hydrogen) atoms. The Morgan fingerprint density at radius 3 is 2.78 bits per heavy atom. The van der Waals surface area contributed by atoms with Crippen LogP contribution in [0.25, 0.3) is 0 Å². The highest BCUT2D eigenvalue weighted by Crippen LogP contribution is 2.24. The summed E-state index contributed by atoms with van der Waals surface area (Å²) in [6, 6.07) is 1.73. The van der Waals surface area contributed by atoms with Crippen LogP contribution in [0, 0.1) is 0 Å². The number of carbonyl (C=O) groups excluding carboxylic acids is 1. The van der Waals surface area contributed by atoms with E-state index in [0.29, 0.717) is 0 Å². The van der Waals surface area contributed by atoms with Crippen LogP contribution in [0.5, 0.6) is 0 Å². The minimum atomic E-state index is -1.01. The van der Waals surface area contributed by atoms with E-state index < -0.39 is 11.9 Å². The van der Waals surface area contributed by atoms with Crippen molar-refractivity contribution in [3.63, 3.8) is 0 Å². The number of nitrogens with one attached hydrogen (secondary N) is 1. The fourth-order valence-electron chi connectivity index (χ4n) is 2.12. The molecule has 0 spiro atoms. The third-order valence-corrected chi connectivity index (χ3v) is 2.97. The Morgan fingerprint density at radius 1 is 1.39 bits per heavy atom. The molecule has 1 amide bonds. The van der Waals surface area contributed by atoms with Gasteiger partial charge in [0.15, 0.2) is 0 Å². The number of nitrogens with zero attached hydrogens (tertiary/aromatic N) is 1. The van der Waals surface area contributed by atoms with Crippen LogP contribution in [0.2, 0.25) is 0 Å². The third-order valence-electron chi connectivity index (χ3n) is 2.97. The number of amides is 1. The normalized spacial score (nSPS) is 13.8.